The maximum absolute atomic E-state index is 13.2. The molecular formula is C26H25NO5S. The fourth-order valence-corrected chi connectivity index (χ4v) is 4.79. The van der Waals surface area contributed by atoms with E-state index in [-0.39, 0.29) is 17.4 Å². The summed E-state index contributed by atoms with van der Waals surface area (Å²) >= 11 is 1.41. The van der Waals surface area contributed by atoms with Gasteiger partial charge in [-0.1, -0.05) is 18.2 Å². The van der Waals surface area contributed by atoms with Crippen LogP contribution in [0, 0.1) is 6.92 Å². The summed E-state index contributed by atoms with van der Waals surface area (Å²) < 4.78 is 11.2. The molecule has 1 atom stereocenters. The highest BCUT2D eigenvalue weighted by molar-refractivity contribution is 7.10. The van der Waals surface area contributed by atoms with Crippen molar-refractivity contribution in [3.8, 4) is 11.5 Å². The number of hydrogen-bond acceptors (Lipinski definition) is 6. The van der Waals surface area contributed by atoms with Crippen molar-refractivity contribution < 1.29 is 24.2 Å². The molecule has 1 N–H and O–H groups in total. The number of para-hydroxylation sites is 2. The Morgan fingerprint density at radius 2 is 1.82 bits per heavy atom. The lowest BCUT2D eigenvalue weighted by Gasteiger charge is -2.25. The van der Waals surface area contributed by atoms with Crippen LogP contribution >= 0.6 is 11.3 Å². The molecule has 33 heavy (non-hydrogen) atoms. The number of ketones is 1. The number of benzene rings is 2. The van der Waals surface area contributed by atoms with Crippen LogP contribution in [-0.4, -0.2) is 30.0 Å². The first kappa shape index (κ1) is 22.6. The SMILES string of the molecule is COc1ccccc1N1C(=O)C(=O)/C(=C(\O)c2ccc(OC(C)C)c(C)c2)C1c1cccs1. The standard InChI is InChI=1S/C26H25NO5S/c1-15(2)32-19-12-11-17(14-16(19)3)24(28)22-23(21-10-7-13-33-21)27(26(30)25(22)29)18-8-5-6-9-20(18)31-4/h5-15,23,28H,1-4H3/b24-22-. The molecule has 1 saturated heterocycles. The van der Waals surface area contributed by atoms with E-state index in [0.717, 1.165) is 10.4 Å². The van der Waals surface area contributed by atoms with Crippen molar-refractivity contribution in [2.75, 3.05) is 12.0 Å². The van der Waals surface area contributed by atoms with Crippen LogP contribution in [0.1, 0.15) is 35.9 Å². The molecule has 6 nitrogen and oxygen atoms in total. The Hall–Kier alpha value is -3.58. The average Bonchev–Trinajstić information content (AvgIpc) is 3.41. The van der Waals surface area contributed by atoms with Gasteiger partial charge in [-0.25, -0.2) is 0 Å². The molecule has 0 saturated carbocycles. The molecular weight excluding hydrogens is 438 g/mol. The van der Waals surface area contributed by atoms with E-state index in [2.05, 4.69) is 0 Å². The van der Waals surface area contributed by atoms with E-state index in [1.165, 1.54) is 23.3 Å². The first-order valence-corrected chi connectivity index (χ1v) is 11.5. The van der Waals surface area contributed by atoms with E-state index in [0.29, 0.717) is 22.7 Å². The smallest absolute Gasteiger partial charge is 0.300 e. The van der Waals surface area contributed by atoms with Crippen molar-refractivity contribution in [1.82, 2.24) is 0 Å². The molecule has 0 bridgehead atoms. The van der Waals surface area contributed by atoms with Gasteiger partial charge in [0.05, 0.1) is 24.5 Å². The number of nitrogens with zero attached hydrogens (tertiary/aromatic N) is 1. The second kappa shape index (κ2) is 9.11. The number of amides is 1. The fourth-order valence-electron chi connectivity index (χ4n) is 3.96. The summed E-state index contributed by atoms with van der Waals surface area (Å²) in [5, 5.41) is 13.2. The molecule has 170 valence electrons. The van der Waals surface area contributed by atoms with Gasteiger partial charge in [-0.15, -0.1) is 11.3 Å². The molecule has 0 radical (unpaired) electrons. The third-order valence-electron chi connectivity index (χ3n) is 5.41. The number of aliphatic hydroxyl groups excluding tert-OH is 1. The molecule has 1 unspecified atom stereocenters. The van der Waals surface area contributed by atoms with Crippen molar-refractivity contribution in [2.45, 2.75) is 32.9 Å². The summed E-state index contributed by atoms with van der Waals surface area (Å²) in [5.74, 6) is -0.506. The third kappa shape index (κ3) is 4.12. The van der Waals surface area contributed by atoms with Crippen LogP contribution in [0.4, 0.5) is 5.69 Å². The van der Waals surface area contributed by atoms with Crippen LogP contribution in [0.5, 0.6) is 11.5 Å². The van der Waals surface area contributed by atoms with Crippen LogP contribution in [0.15, 0.2) is 65.6 Å². The van der Waals surface area contributed by atoms with Crippen LogP contribution in [0.2, 0.25) is 0 Å². The highest BCUT2D eigenvalue weighted by atomic mass is 32.1. The van der Waals surface area contributed by atoms with Crippen LogP contribution in [-0.2, 0) is 9.59 Å². The van der Waals surface area contributed by atoms with Gasteiger partial charge < -0.3 is 14.6 Å². The van der Waals surface area contributed by atoms with Crippen molar-refractivity contribution >= 4 is 34.5 Å². The minimum atomic E-state index is -0.770. The quantitative estimate of drug-likeness (QED) is 0.298. The van der Waals surface area contributed by atoms with E-state index in [1.54, 1.807) is 42.5 Å². The van der Waals surface area contributed by atoms with E-state index >= 15 is 0 Å². The van der Waals surface area contributed by atoms with Gasteiger partial charge in [0, 0.05) is 10.4 Å². The topological polar surface area (TPSA) is 76.1 Å². The van der Waals surface area contributed by atoms with Gasteiger partial charge in [0.25, 0.3) is 11.7 Å². The normalized spacial score (nSPS) is 17.6. The van der Waals surface area contributed by atoms with E-state index in [1.807, 2.05) is 38.3 Å². The van der Waals surface area contributed by atoms with Crippen molar-refractivity contribution in [3.05, 3.63) is 81.6 Å². The maximum Gasteiger partial charge on any atom is 0.300 e. The number of rotatable bonds is 6. The minimum absolute atomic E-state index is 0.00755. The Kier molecular flexibility index (Phi) is 6.24. The highest BCUT2D eigenvalue weighted by Gasteiger charge is 2.48. The molecule has 1 fully saturated rings. The van der Waals surface area contributed by atoms with Gasteiger partial charge >= 0.3 is 0 Å². The number of aryl methyl sites for hydroxylation is 1. The summed E-state index contributed by atoms with van der Waals surface area (Å²) in [6.45, 7) is 5.75. The second-order valence-electron chi connectivity index (χ2n) is 8.00. The number of Topliss-reactive ketones (excluding diaryl/α,β-unsaturated/α-hetero) is 1. The molecule has 0 spiro atoms. The lowest BCUT2D eigenvalue weighted by Crippen LogP contribution is -2.29. The predicted molar refractivity (Wildman–Crippen MR) is 129 cm³/mol. The lowest BCUT2D eigenvalue weighted by atomic mass is 9.98. The van der Waals surface area contributed by atoms with Crippen molar-refractivity contribution in [2.24, 2.45) is 0 Å². The Labute approximate surface area is 196 Å². The number of aliphatic hydroxyl groups is 1. The minimum Gasteiger partial charge on any atom is -0.507 e. The lowest BCUT2D eigenvalue weighted by molar-refractivity contribution is -0.132. The molecule has 1 aliphatic heterocycles. The predicted octanol–water partition coefficient (Wildman–Crippen LogP) is 5.48. The summed E-state index contributed by atoms with van der Waals surface area (Å²) in [5.41, 5.74) is 1.78. The Morgan fingerprint density at radius 3 is 2.45 bits per heavy atom. The highest BCUT2D eigenvalue weighted by Crippen LogP contribution is 2.46. The Morgan fingerprint density at radius 1 is 1.06 bits per heavy atom. The van der Waals surface area contributed by atoms with Crippen molar-refractivity contribution in [3.63, 3.8) is 0 Å². The molecule has 2 heterocycles. The summed E-state index contributed by atoms with van der Waals surface area (Å²) in [6, 6.07) is 15.2. The number of hydrogen-bond donors (Lipinski definition) is 1. The molecule has 1 amide bonds. The largest absolute Gasteiger partial charge is 0.507 e. The Balaban J connectivity index is 1.88. The zero-order chi connectivity index (χ0) is 23.7. The van der Waals surface area contributed by atoms with Gasteiger partial charge in [0.2, 0.25) is 0 Å². The zero-order valence-electron chi connectivity index (χ0n) is 18.9. The number of ether oxygens (including phenoxy) is 2. The van der Waals surface area contributed by atoms with E-state index in [9.17, 15) is 14.7 Å². The van der Waals surface area contributed by atoms with Gasteiger partial charge in [-0.2, -0.15) is 0 Å². The van der Waals surface area contributed by atoms with E-state index in [4.69, 9.17) is 9.47 Å². The second-order valence-corrected chi connectivity index (χ2v) is 8.98. The van der Waals surface area contributed by atoms with Gasteiger partial charge in [0.15, 0.2) is 0 Å². The first-order chi connectivity index (χ1) is 15.8. The molecule has 7 heteroatoms. The molecule has 1 aliphatic rings. The summed E-state index contributed by atoms with van der Waals surface area (Å²) in [7, 11) is 1.51. The number of methoxy groups -OCH3 is 1. The fraction of sp³-hybridized carbons (Fsp3) is 0.231. The number of thiophene rings is 1. The third-order valence-corrected chi connectivity index (χ3v) is 6.34. The van der Waals surface area contributed by atoms with Gasteiger partial charge in [-0.05, 0) is 68.1 Å². The van der Waals surface area contributed by atoms with Crippen LogP contribution in [0.25, 0.3) is 5.76 Å². The maximum atomic E-state index is 13.2. The number of carbonyl (C=O) groups is 2. The molecule has 3 aromatic rings. The number of anilines is 1. The Bertz CT molecular complexity index is 1230. The first-order valence-electron chi connectivity index (χ1n) is 10.6. The number of carbonyl (C=O) groups excluding carboxylic acids is 2. The summed E-state index contributed by atoms with van der Waals surface area (Å²) in [6.07, 6.45) is 0.00755. The molecule has 2 aromatic carbocycles. The van der Waals surface area contributed by atoms with E-state index < -0.39 is 17.7 Å². The molecule has 1 aromatic heterocycles. The van der Waals surface area contributed by atoms with Gasteiger partial charge in [-0.3, -0.25) is 14.5 Å². The monoisotopic (exact) mass is 463 g/mol. The molecule has 4 rings (SSSR count). The molecule has 0 aliphatic carbocycles. The average molecular weight is 464 g/mol. The van der Waals surface area contributed by atoms with Gasteiger partial charge in [0.1, 0.15) is 23.3 Å². The summed E-state index contributed by atoms with van der Waals surface area (Å²) in [4.78, 5) is 28.6. The van der Waals surface area contributed by atoms with Crippen LogP contribution in [0.3, 0.4) is 0 Å². The zero-order valence-corrected chi connectivity index (χ0v) is 19.7. The van der Waals surface area contributed by atoms with Crippen molar-refractivity contribution in [1.29, 1.82) is 0 Å². The van der Waals surface area contributed by atoms with Crippen LogP contribution < -0.4 is 14.4 Å².